The summed E-state index contributed by atoms with van der Waals surface area (Å²) in [5.41, 5.74) is 3.61. The minimum atomic E-state index is -3.90. The van der Waals surface area contributed by atoms with Gasteiger partial charge in [-0.1, -0.05) is 62.2 Å². The average Bonchev–Trinajstić information content (AvgIpc) is 3.40. The van der Waals surface area contributed by atoms with Gasteiger partial charge in [-0.05, 0) is 86.8 Å². The van der Waals surface area contributed by atoms with E-state index < -0.39 is 26.9 Å². The molecule has 1 unspecified atom stereocenters. The third kappa shape index (κ3) is 6.98. The maximum Gasteiger partial charge on any atom is 0.324 e. The minimum absolute atomic E-state index is 0.0196. The van der Waals surface area contributed by atoms with E-state index in [9.17, 15) is 17.6 Å². The molecular weight excluding hydrogens is 601 g/mol. The van der Waals surface area contributed by atoms with E-state index in [0.29, 0.717) is 43.0 Å². The molecule has 0 aliphatic carbocycles. The predicted octanol–water partition coefficient (Wildman–Crippen LogP) is 7.43. The number of rotatable bonds is 7. The van der Waals surface area contributed by atoms with E-state index in [-0.39, 0.29) is 21.3 Å². The molecule has 2 heterocycles. The van der Waals surface area contributed by atoms with Crippen molar-refractivity contribution in [2.45, 2.75) is 56.1 Å². The number of halogens is 2. The Morgan fingerprint density at radius 3 is 2.27 bits per heavy atom. The molecule has 1 fully saturated rings. The molecule has 8 nitrogen and oxygen atoms in total. The standard InChI is InChI=1S/C33H37ClFN5O3S/c1-21-5-11-25(12-6-21)40-30(20-29(39-40)33(2,3)4)38-32(41)37-24-9-7-22(8-10-24)31(23-15-17-36-18-16-23)44(42,43)26-13-14-28(35)27(34)19-26/h5-14,19-20,23,31,36H,15-18H2,1-4H3,(H2,37,38,41). The smallest absolute Gasteiger partial charge is 0.317 e. The van der Waals surface area contributed by atoms with Gasteiger partial charge in [0.25, 0.3) is 0 Å². The van der Waals surface area contributed by atoms with Gasteiger partial charge >= 0.3 is 6.03 Å². The lowest BCUT2D eigenvalue weighted by atomic mass is 9.90. The summed E-state index contributed by atoms with van der Waals surface area (Å²) in [4.78, 5) is 13.1. The molecule has 1 aliphatic rings. The largest absolute Gasteiger partial charge is 0.324 e. The zero-order valence-corrected chi connectivity index (χ0v) is 26.8. The normalized spacial score (nSPS) is 15.1. The fraction of sp³-hybridized carbons (Fsp3) is 0.333. The van der Waals surface area contributed by atoms with Crippen molar-refractivity contribution in [1.29, 1.82) is 0 Å². The molecule has 3 aromatic carbocycles. The van der Waals surface area contributed by atoms with Crippen LogP contribution < -0.4 is 16.0 Å². The molecule has 1 atom stereocenters. The summed E-state index contributed by atoms with van der Waals surface area (Å²) in [7, 11) is -3.90. The van der Waals surface area contributed by atoms with Crippen LogP contribution in [-0.2, 0) is 15.3 Å². The summed E-state index contributed by atoms with van der Waals surface area (Å²) < 4.78 is 43.4. The van der Waals surface area contributed by atoms with Crippen molar-refractivity contribution in [3.05, 3.63) is 100 Å². The van der Waals surface area contributed by atoms with E-state index in [1.165, 1.54) is 12.1 Å². The number of piperidine rings is 1. The number of aromatic nitrogens is 2. The van der Waals surface area contributed by atoms with Crippen molar-refractivity contribution >= 4 is 39.0 Å². The van der Waals surface area contributed by atoms with Crippen LogP contribution in [0.5, 0.6) is 0 Å². The van der Waals surface area contributed by atoms with Gasteiger partial charge in [-0.3, -0.25) is 5.32 Å². The number of anilines is 2. The summed E-state index contributed by atoms with van der Waals surface area (Å²) >= 11 is 5.96. The van der Waals surface area contributed by atoms with Crippen LogP contribution in [0.15, 0.2) is 77.7 Å². The van der Waals surface area contributed by atoms with E-state index >= 15 is 0 Å². The number of nitrogens with zero attached hydrogens (tertiary/aromatic N) is 2. The number of urea groups is 1. The van der Waals surface area contributed by atoms with Crippen LogP contribution in [0.2, 0.25) is 5.02 Å². The number of sulfone groups is 1. The number of carbonyl (C=O) groups is 1. The van der Waals surface area contributed by atoms with Gasteiger partial charge in [0.1, 0.15) is 11.6 Å². The van der Waals surface area contributed by atoms with Gasteiger partial charge in [-0.25, -0.2) is 22.3 Å². The van der Waals surface area contributed by atoms with Gasteiger partial charge in [0.15, 0.2) is 9.84 Å². The fourth-order valence-electron chi connectivity index (χ4n) is 5.41. The first kappa shape index (κ1) is 31.7. The lowest BCUT2D eigenvalue weighted by molar-refractivity contribution is 0.262. The number of amides is 2. The highest BCUT2D eigenvalue weighted by atomic mass is 35.5. The number of carbonyl (C=O) groups excluding carboxylic acids is 1. The zero-order valence-electron chi connectivity index (χ0n) is 25.2. The molecule has 1 aromatic heterocycles. The topological polar surface area (TPSA) is 105 Å². The molecular formula is C33H37ClFN5O3S. The van der Waals surface area contributed by atoms with Gasteiger partial charge in [-0.15, -0.1) is 0 Å². The Morgan fingerprint density at radius 1 is 1.00 bits per heavy atom. The molecule has 3 N–H and O–H groups in total. The first-order valence-electron chi connectivity index (χ1n) is 14.6. The average molecular weight is 638 g/mol. The maximum absolute atomic E-state index is 13.9. The fourth-order valence-corrected chi connectivity index (χ4v) is 7.78. The van der Waals surface area contributed by atoms with E-state index in [0.717, 1.165) is 23.0 Å². The second-order valence-electron chi connectivity index (χ2n) is 12.2. The Balaban J connectivity index is 1.38. The Hall–Kier alpha value is -3.73. The van der Waals surface area contributed by atoms with Gasteiger partial charge in [0.05, 0.1) is 26.5 Å². The Bertz CT molecular complexity index is 1740. The van der Waals surface area contributed by atoms with E-state index in [2.05, 4.69) is 36.7 Å². The molecule has 0 spiro atoms. The van der Waals surface area contributed by atoms with Crippen molar-refractivity contribution < 1.29 is 17.6 Å². The van der Waals surface area contributed by atoms with Gasteiger partial charge in [0.2, 0.25) is 0 Å². The molecule has 1 aliphatic heterocycles. The monoisotopic (exact) mass is 637 g/mol. The first-order chi connectivity index (χ1) is 20.8. The quantitative estimate of drug-likeness (QED) is 0.183. The van der Waals surface area contributed by atoms with Crippen molar-refractivity contribution in [3.63, 3.8) is 0 Å². The Labute approximate surface area is 262 Å². The van der Waals surface area contributed by atoms with E-state index in [1.807, 2.05) is 37.3 Å². The Kier molecular flexibility index (Phi) is 9.15. The highest BCUT2D eigenvalue weighted by Gasteiger charge is 2.37. The lowest BCUT2D eigenvalue weighted by Crippen LogP contribution is -2.33. The molecule has 0 bridgehead atoms. The molecule has 0 saturated carbocycles. The number of hydrogen-bond donors (Lipinski definition) is 3. The lowest BCUT2D eigenvalue weighted by Gasteiger charge is -2.31. The molecule has 5 rings (SSSR count). The van der Waals surface area contributed by atoms with E-state index in [4.69, 9.17) is 16.7 Å². The SMILES string of the molecule is Cc1ccc(-n2nc(C(C)(C)C)cc2NC(=O)Nc2ccc(C(C3CCNCC3)S(=O)(=O)c3ccc(F)c(Cl)c3)cc2)cc1. The van der Waals surface area contributed by atoms with Crippen LogP contribution in [0.4, 0.5) is 20.7 Å². The highest BCUT2D eigenvalue weighted by Crippen LogP contribution is 2.40. The molecule has 232 valence electrons. The van der Waals surface area contributed by atoms with Crippen molar-refractivity contribution in [2.24, 2.45) is 5.92 Å². The summed E-state index contributed by atoms with van der Waals surface area (Å²) in [6.07, 6.45) is 1.35. The minimum Gasteiger partial charge on any atom is -0.317 e. The second kappa shape index (κ2) is 12.7. The zero-order chi connectivity index (χ0) is 31.6. The molecule has 44 heavy (non-hydrogen) atoms. The van der Waals surface area contributed by atoms with Crippen molar-refractivity contribution in [3.8, 4) is 5.69 Å². The van der Waals surface area contributed by atoms with Crippen molar-refractivity contribution in [2.75, 3.05) is 23.7 Å². The Morgan fingerprint density at radius 2 is 1.66 bits per heavy atom. The molecule has 0 radical (unpaired) electrons. The van der Waals surface area contributed by atoms with E-state index in [1.54, 1.807) is 28.9 Å². The number of benzene rings is 3. The third-order valence-corrected chi connectivity index (χ3v) is 10.4. The third-order valence-electron chi connectivity index (χ3n) is 7.86. The van der Waals surface area contributed by atoms with Crippen LogP contribution in [0.3, 0.4) is 0 Å². The summed E-state index contributed by atoms with van der Waals surface area (Å²) in [6.45, 7) is 9.59. The van der Waals surface area contributed by atoms with Gasteiger partial charge < -0.3 is 10.6 Å². The molecule has 1 saturated heterocycles. The van der Waals surface area contributed by atoms with Crippen LogP contribution in [0.25, 0.3) is 5.69 Å². The van der Waals surface area contributed by atoms with Crippen LogP contribution in [0.1, 0.15) is 55.7 Å². The van der Waals surface area contributed by atoms with Crippen LogP contribution >= 0.6 is 11.6 Å². The second-order valence-corrected chi connectivity index (χ2v) is 14.7. The molecule has 11 heteroatoms. The summed E-state index contributed by atoms with van der Waals surface area (Å²) in [6, 6.07) is 19.6. The van der Waals surface area contributed by atoms with Crippen molar-refractivity contribution in [1.82, 2.24) is 15.1 Å². The predicted molar refractivity (Wildman–Crippen MR) is 173 cm³/mol. The number of hydrogen-bond acceptors (Lipinski definition) is 5. The number of aryl methyl sites for hydroxylation is 1. The summed E-state index contributed by atoms with van der Waals surface area (Å²) in [5, 5.41) is 12.7. The highest BCUT2D eigenvalue weighted by molar-refractivity contribution is 7.91. The first-order valence-corrected chi connectivity index (χ1v) is 16.5. The van der Waals surface area contributed by atoms with Gasteiger partial charge in [-0.2, -0.15) is 5.10 Å². The van der Waals surface area contributed by atoms with Gasteiger partial charge in [0, 0.05) is 17.2 Å². The van der Waals surface area contributed by atoms with Crippen LogP contribution in [0, 0.1) is 18.7 Å². The number of nitrogens with one attached hydrogen (secondary N) is 3. The van der Waals surface area contributed by atoms with Crippen LogP contribution in [-0.4, -0.2) is 37.3 Å². The maximum atomic E-state index is 13.9. The molecule has 4 aromatic rings. The molecule has 2 amide bonds. The summed E-state index contributed by atoms with van der Waals surface area (Å²) in [5.74, 6) is -0.302.